The van der Waals surface area contributed by atoms with E-state index in [0.29, 0.717) is 16.4 Å². The van der Waals surface area contributed by atoms with Crippen LogP contribution in [0.15, 0.2) is 55.1 Å². The van der Waals surface area contributed by atoms with Gasteiger partial charge in [-0.1, -0.05) is 0 Å². The van der Waals surface area contributed by atoms with Crippen LogP contribution in [-0.4, -0.2) is 40.9 Å². The molecule has 0 saturated carbocycles. The second-order valence-electron chi connectivity index (χ2n) is 7.74. The molecule has 0 radical (unpaired) electrons. The Hall–Kier alpha value is -4.24. The second kappa shape index (κ2) is 7.42. The minimum absolute atomic E-state index is 0.0393. The van der Waals surface area contributed by atoms with Gasteiger partial charge in [-0.2, -0.15) is 5.10 Å². The molecule has 0 unspecified atom stereocenters. The monoisotopic (exact) mass is 451 g/mol. The van der Waals surface area contributed by atoms with Crippen LogP contribution in [0.5, 0.6) is 0 Å². The van der Waals surface area contributed by atoms with Crippen LogP contribution >= 0.6 is 11.3 Å². The third-order valence-electron chi connectivity index (χ3n) is 5.57. The quantitative estimate of drug-likeness (QED) is 0.356. The van der Waals surface area contributed by atoms with Crippen molar-refractivity contribution in [2.45, 2.75) is 13.8 Å². The normalized spacial score (nSPS) is 11.5. The highest BCUT2D eigenvalue weighted by molar-refractivity contribution is 7.17. The zero-order valence-electron chi connectivity index (χ0n) is 17.7. The van der Waals surface area contributed by atoms with Crippen molar-refractivity contribution in [2.24, 2.45) is 0 Å². The third kappa shape index (κ3) is 3.21. The summed E-state index contributed by atoms with van der Waals surface area (Å²) in [6, 6.07) is 9.59. The molecule has 33 heavy (non-hydrogen) atoms. The lowest BCUT2D eigenvalue weighted by atomic mass is 10.1. The lowest BCUT2D eigenvalue weighted by Gasteiger charge is -2.04. The average molecular weight is 452 g/mol. The van der Waals surface area contributed by atoms with E-state index < -0.39 is 0 Å². The van der Waals surface area contributed by atoms with Crippen LogP contribution in [-0.2, 0) is 0 Å². The van der Waals surface area contributed by atoms with E-state index in [2.05, 4.69) is 30.1 Å². The third-order valence-corrected chi connectivity index (χ3v) is 6.77. The number of H-pyrrole nitrogens is 2. The zero-order valence-corrected chi connectivity index (χ0v) is 18.6. The van der Waals surface area contributed by atoms with E-state index in [-0.39, 0.29) is 5.78 Å². The summed E-state index contributed by atoms with van der Waals surface area (Å²) >= 11 is 1.42. The molecule has 0 aliphatic heterocycles. The van der Waals surface area contributed by atoms with Crippen molar-refractivity contribution in [2.75, 3.05) is 0 Å². The van der Waals surface area contributed by atoms with Gasteiger partial charge >= 0.3 is 0 Å². The van der Waals surface area contributed by atoms with Crippen LogP contribution in [0.25, 0.3) is 55.3 Å². The van der Waals surface area contributed by atoms with Crippen LogP contribution in [0.3, 0.4) is 0 Å². The van der Waals surface area contributed by atoms with Crippen LogP contribution in [0, 0.1) is 6.92 Å². The maximum Gasteiger partial charge on any atom is 0.169 e. The molecule has 0 atom stereocenters. The van der Waals surface area contributed by atoms with Crippen molar-refractivity contribution in [3.63, 3.8) is 0 Å². The van der Waals surface area contributed by atoms with Crippen LogP contribution in [0.2, 0.25) is 0 Å². The number of pyridine rings is 3. The number of Topliss-reactive ketones (excluding diaryl/α,β-unsaturated/α-hetero) is 1. The van der Waals surface area contributed by atoms with Crippen molar-refractivity contribution in [3.8, 4) is 33.3 Å². The Balaban J connectivity index is 1.49. The van der Waals surface area contributed by atoms with Crippen molar-refractivity contribution < 1.29 is 4.79 Å². The summed E-state index contributed by atoms with van der Waals surface area (Å²) in [5, 5.41) is 8.47. The number of carbonyl (C=O) groups is 1. The highest BCUT2D eigenvalue weighted by Gasteiger charge is 2.18. The van der Waals surface area contributed by atoms with Crippen LogP contribution in [0.1, 0.15) is 22.2 Å². The number of carbonyl (C=O) groups excluding carboxylic acids is 1. The summed E-state index contributed by atoms with van der Waals surface area (Å²) in [5.74, 6) is 0.673. The fourth-order valence-corrected chi connectivity index (χ4v) is 4.76. The molecule has 6 aromatic heterocycles. The molecule has 9 heteroatoms. The fourth-order valence-electron chi connectivity index (χ4n) is 3.86. The first-order valence-corrected chi connectivity index (χ1v) is 11.1. The van der Waals surface area contributed by atoms with E-state index in [0.717, 1.165) is 49.3 Å². The number of hydrogen-bond acceptors (Lipinski definition) is 7. The molecule has 6 aromatic rings. The van der Waals surface area contributed by atoms with Gasteiger partial charge < -0.3 is 4.98 Å². The maximum absolute atomic E-state index is 11.7. The maximum atomic E-state index is 11.7. The van der Waals surface area contributed by atoms with E-state index in [1.807, 2.05) is 43.5 Å². The standard InChI is InChI=1S/C24H17N7OS/c1-12-5-7-25-10-15(12)17-9-14-18(11-27-17)30-31-21(14)24-28-16-6-8-26-23(22(16)29-24)20-4-3-19(33-20)13(2)32/h3-11H,1-2H3,(H,28,29)(H,30,31). The van der Waals surface area contributed by atoms with Gasteiger partial charge in [-0.15, -0.1) is 11.3 Å². The Bertz CT molecular complexity index is 1680. The van der Waals surface area contributed by atoms with E-state index in [4.69, 9.17) is 4.98 Å². The summed E-state index contributed by atoms with van der Waals surface area (Å²) in [6.07, 6.45) is 7.10. The van der Waals surface area contributed by atoms with Crippen molar-refractivity contribution >= 4 is 39.1 Å². The molecule has 160 valence electrons. The lowest BCUT2D eigenvalue weighted by Crippen LogP contribution is -1.89. The predicted molar refractivity (Wildman–Crippen MR) is 128 cm³/mol. The summed E-state index contributed by atoms with van der Waals surface area (Å²) < 4.78 is 0. The van der Waals surface area contributed by atoms with Gasteiger partial charge in [0.15, 0.2) is 11.6 Å². The number of hydrogen-bond donors (Lipinski definition) is 2. The Morgan fingerprint density at radius 3 is 2.73 bits per heavy atom. The molecule has 2 N–H and O–H groups in total. The first-order valence-electron chi connectivity index (χ1n) is 10.3. The van der Waals surface area contributed by atoms with Crippen molar-refractivity contribution in [1.29, 1.82) is 0 Å². The highest BCUT2D eigenvalue weighted by atomic mass is 32.1. The summed E-state index contributed by atoms with van der Waals surface area (Å²) in [5.41, 5.74) is 6.74. The molecule has 0 spiro atoms. The van der Waals surface area contributed by atoms with E-state index >= 15 is 0 Å². The van der Waals surface area contributed by atoms with Crippen LogP contribution in [0.4, 0.5) is 0 Å². The number of imidazole rings is 1. The fraction of sp³-hybridized carbons (Fsp3) is 0.0833. The first kappa shape index (κ1) is 19.4. The molecule has 6 heterocycles. The van der Waals surface area contributed by atoms with Gasteiger partial charge in [0.2, 0.25) is 0 Å². The minimum atomic E-state index is 0.0393. The van der Waals surface area contributed by atoms with E-state index in [9.17, 15) is 4.79 Å². The molecule has 0 aromatic carbocycles. The molecule has 0 fully saturated rings. The number of fused-ring (bicyclic) bond motifs is 2. The molecular formula is C24H17N7OS. The zero-order chi connectivity index (χ0) is 22.5. The number of aryl methyl sites for hydroxylation is 1. The van der Waals surface area contributed by atoms with Gasteiger partial charge in [-0.05, 0) is 49.7 Å². The summed E-state index contributed by atoms with van der Waals surface area (Å²) in [6.45, 7) is 3.60. The SMILES string of the molecule is CC(=O)c1ccc(-c2nccc3[nH]c(-c4n[nH]c5cnc(-c6cnccc6C)cc45)nc23)s1. The number of rotatable bonds is 4. The molecule has 0 aliphatic rings. The molecule has 0 saturated heterocycles. The van der Waals surface area contributed by atoms with Crippen LogP contribution < -0.4 is 0 Å². The van der Waals surface area contributed by atoms with Gasteiger partial charge in [0.1, 0.15) is 16.9 Å². The number of ketones is 1. The predicted octanol–water partition coefficient (Wildman–Crippen LogP) is 5.20. The van der Waals surface area contributed by atoms with Crippen molar-refractivity contribution in [3.05, 3.63) is 65.6 Å². The number of thiophene rings is 1. The van der Waals surface area contributed by atoms with Gasteiger partial charge in [0, 0.05) is 29.5 Å². The van der Waals surface area contributed by atoms with Gasteiger partial charge in [-0.25, -0.2) is 4.98 Å². The van der Waals surface area contributed by atoms with E-state index in [1.165, 1.54) is 11.3 Å². The largest absolute Gasteiger partial charge is 0.336 e. The number of aromatic nitrogens is 7. The number of aromatic amines is 2. The summed E-state index contributed by atoms with van der Waals surface area (Å²) in [4.78, 5) is 34.9. The molecule has 8 nitrogen and oxygen atoms in total. The number of nitrogens with zero attached hydrogens (tertiary/aromatic N) is 5. The first-order chi connectivity index (χ1) is 16.1. The molecule has 0 aliphatic carbocycles. The summed E-state index contributed by atoms with van der Waals surface area (Å²) in [7, 11) is 0. The minimum Gasteiger partial charge on any atom is -0.336 e. The molecule has 0 bridgehead atoms. The highest BCUT2D eigenvalue weighted by Crippen LogP contribution is 2.34. The smallest absolute Gasteiger partial charge is 0.169 e. The van der Waals surface area contributed by atoms with E-state index in [1.54, 1.807) is 25.5 Å². The van der Waals surface area contributed by atoms with Gasteiger partial charge in [0.25, 0.3) is 0 Å². The Kier molecular flexibility index (Phi) is 4.37. The molecule has 6 rings (SSSR count). The average Bonchev–Trinajstić information content (AvgIpc) is 3.56. The number of nitrogens with one attached hydrogen (secondary N) is 2. The topological polar surface area (TPSA) is 113 Å². The Morgan fingerprint density at radius 2 is 1.91 bits per heavy atom. The Morgan fingerprint density at radius 1 is 1.00 bits per heavy atom. The van der Waals surface area contributed by atoms with Gasteiger partial charge in [-0.3, -0.25) is 24.8 Å². The molecule has 0 amide bonds. The van der Waals surface area contributed by atoms with Gasteiger partial charge in [0.05, 0.1) is 32.7 Å². The Labute approximate surface area is 191 Å². The molecular weight excluding hydrogens is 434 g/mol. The lowest BCUT2D eigenvalue weighted by molar-refractivity contribution is 0.102. The van der Waals surface area contributed by atoms with Crippen molar-refractivity contribution in [1.82, 2.24) is 35.1 Å². The second-order valence-corrected chi connectivity index (χ2v) is 8.82.